The molecule has 25 heavy (non-hydrogen) atoms. The molecule has 0 aliphatic carbocycles. The zero-order valence-corrected chi connectivity index (χ0v) is 14.6. The van der Waals surface area contributed by atoms with Gasteiger partial charge in [-0.15, -0.1) is 11.3 Å². The summed E-state index contributed by atoms with van der Waals surface area (Å²) in [6.07, 6.45) is 1.69. The number of carbonyl (C=O) groups excluding carboxylic acids is 2. The largest absolute Gasteiger partial charge is 0.326 e. The van der Waals surface area contributed by atoms with E-state index in [4.69, 9.17) is 0 Å². The Hall–Kier alpha value is -3.06. The summed E-state index contributed by atoms with van der Waals surface area (Å²) >= 11 is 1.30. The van der Waals surface area contributed by atoms with Crippen molar-refractivity contribution in [1.29, 1.82) is 0 Å². The van der Waals surface area contributed by atoms with Gasteiger partial charge >= 0.3 is 0 Å². The summed E-state index contributed by atoms with van der Waals surface area (Å²) in [5, 5.41) is 6.23. The van der Waals surface area contributed by atoms with E-state index in [-0.39, 0.29) is 11.8 Å². The van der Waals surface area contributed by atoms with E-state index in [1.165, 1.54) is 18.3 Å². The Morgan fingerprint density at radius 1 is 1.04 bits per heavy atom. The maximum absolute atomic E-state index is 12.6. The number of aromatic nitrogens is 2. The first kappa shape index (κ1) is 16.8. The third-order valence-electron chi connectivity index (χ3n) is 3.33. The number of thiazole rings is 1. The van der Waals surface area contributed by atoms with E-state index in [1.807, 2.05) is 18.2 Å². The number of carbonyl (C=O) groups is 2. The van der Waals surface area contributed by atoms with Crippen molar-refractivity contribution in [3.05, 3.63) is 59.2 Å². The van der Waals surface area contributed by atoms with Crippen molar-refractivity contribution in [3.8, 4) is 10.7 Å². The highest BCUT2D eigenvalue weighted by Gasteiger charge is 2.17. The standard InChI is InChI=1S/C18H16N4O2S/c1-11-16(25-18(20-11)15-8-3-4-9-19-15)17(24)22-14-7-5-6-13(10-14)21-12(2)23/h3-10H,1-2H3,(H,21,23)(H,22,24). The van der Waals surface area contributed by atoms with Gasteiger partial charge in [0, 0.05) is 24.5 Å². The number of hydrogen-bond acceptors (Lipinski definition) is 5. The van der Waals surface area contributed by atoms with Crippen LogP contribution in [0.3, 0.4) is 0 Å². The van der Waals surface area contributed by atoms with Crippen LogP contribution in [0.5, 0.6) is 0 Å². The lowest BCUT2D eigenvalue weighted by atomic mass is 10.2. The van der Waals surface area contributed by atoms with Gasteiger partial charge in [0.1, 0.15) is 9.88 Å². The Labute approximate surface area is 149 Å². The third-order valence-corrected chi connectivity index (χ3v) is 4.51. The average molecular weight is 352 g/mol. The Kier molecular flexibility index (Phi) is 4.85. The van der Waals surface area contributed by atoms with Crippen molar-refractivity contribution in [2.24, 2.45) is 0 Å². The van der Waals surface area contributed by atoms with Gasteiger partial charge in [0.15, 0.2) is 0 Å². The Bertz CT molecular complexity index is 922. The Balaban J connectivity index is 1.80. The molecular formula is C18H16N4O2S. The van der Waals surface area contributed by atoms with Gasteiger partial charge < -0.3 is 10.6 Å². The lowest BCUT2D eigenvalue weighted by Gasteiger charge is -2.07. The molecule has 6 nitrogen and oxygen atoms in total. The van der Waals surface area contributed by atoms with Crippen molar-refractivity contribution in [1.82, 2.24) is 9.97 Å². The molecule has 2 amide bonds. The maximum Gasteiger partial charge on any atom is 0.267 e. The van der Waals surface area contributed by atoms with Crippen LogP contribution in [0.2, 0.25) is 0 Å². The molecule has 3 rings (SSSR count). The zero-order chi connectivity index (χ0) is 17.8. The van der Waals surface area contributed by atoms with Crippen LogP contribution < -0.4 is 10.6 Å². The number of benzene rings is 1. The second-order valence-corrected chi connectivity index (χ2v) is 6.36. The van der Waals surface area contributed by atoms with Crippen LogP contribution in [-0.2, 0) is 4.79 Å². The predicted octanol–water partition coefficient (Wildman–Crippen LogP) is 3.72. The summed E-state index contributed by atoms with van der Waals surface area (Å²) in [6.45, 7) is 3.23. The summed E-state index contributed by atoms with van der Waals surface area (Å²) in [4.78, 5) is 32.9. The van der Waals surface area contributed by atoms with E-state index in [9.17, 15) is 9.59 Å². The van der Waals surface area contributed by atoms with Crippen molar-refractivity contribution in [2.45, 2.75) is 13.8 Å². The van der Waals surface area contributed by atoms with E-state index in [1.54, 1.807) is 37.4 Å². The second-order valence-electron chi connectivity index (χ2n) is 5.36. The monoisotopic (exact) mass is 352 g/mol. The van der Waals surface area contributed by atoms with Crippen LogP contribution in [0.1, 0.15) is 22.3 Å². The fourth-order valence-electron chi connectivity index (χ4n) is 2.27. The molecule has 0 aliphatic heterocycles. The SMILES string of the molecule is CC(=O)Nc1cccc(NC(=O)c2sc(-c3ccccn3)nc2C)c1. The molecule has 2 aromatic heterocycles. The zero-order valence-electron chi connectivity index (χ0n) is 13.7. The number of hydrogen-bond donors (Lipinski definition) is 2. The number of aryl methyl sites for hydroxylation is 1. The summed E-state index contributed by atoms with van der Waals surface area (Å²) in [7, 11) is 0. The number of pyridine rings is 1. The fourth-order valence-corrected chi connectivity index (χ4v) is 3.21. The molecule has 2 heterocycles. The molecule has 2 N–H and O–H groups in total. The van der Waals surface area contributed by atoms with E-state index in [0.717, 1.165) is 5.69 Å². The molecule has 0 unspecified atom stereocenters. The first-order valence-electron chi connectivity index (χ1n) is 7.61. The Morgan fingerprint density at radius 2 is 1.80 bits per heavy atom. The summed E-state index contributed by atoms with van der Waals surface area (Å²) in [5.41, 5.74) is 2.62. The minimum absolute atomic E-state index is 0.165. The quantitative estimate of drug-likeness (QED) is 0.749. The van der Waals surface area contributed by atoms with Gasteiger partial charge in [-0.2, -0.15) is 0 Å². The van der Waals surface area contributed by atoms with Gasteiger partial charge in [0.2, 0.25) is 5.91 Å². The van der Waals surface area contributed by atoms with Crippen LogP contribution in [0, 0.1) is 6.92 Å². The molecule has 0 saturated carbocycles. The van der Waals surface area contributed by atoms with E-state index >= 15 is 0 Å². The molecule has 0 atom stereocenters. The van der Waals surface area contributed by atoms with Crippen molar-refractivity contribution in [3.63, 3.8) is 0 Å². The van der Waals surface area contributed by atoms with Crippen molar-refractivity contribution in [2.75, 3.05) is 10.6 Å². The maximum atomic E-state index is 12.6. The van der Waals surface area contributed by atoms with Crippen LogP contribution >= 0.6 is 11.3 Å². The van der Waals surface area contributed by atoms with Gasteiger partial charge in [0.25, 0.3) is 5.91 Å². The van der Waals surface area contributed by atoms with Crippen LogP contribution in [0.25, 0.3) is 10.7 Å². The molecule has 0 fully saturated rings. The topological polar surface area (TPSA) is 84.0 Å². The number of rotatable bonds is 4. The normalized spacial score (nSPS) is 10.3. The molecule has 0 aliphatic rings. The predicted molar refractivity (Wildman–Crippen MR) is 98.8 cm³/mol. The Morgan fingerprint density at radius 3 is 2.48 bits per heavy atom. The van der Waals surface area contributed by atoms with Gasteiger partial charge in [-0.05, 0) is 37.3 Å². The second kappa shape index (κ2) is 7.23. The average Bonchev–Trinajstić information content (AvgIpc) is 2.97. The highest BCUT2D eigenvalue weighted by atomic mass is 32.1. The molecule has 0 bridgehead atoms. The third kappa shape index (κ3) is 4.07. The number of nitrogens with one attached hydrogen (secondary N) is 2. The lowest BCUT2D eigenvalue weighted by Crippen LogP contribution is -2.12. The fraction of sp³-hybridized carbons (Fsp3) is 0.111. The van der Waals surface area contributed by atoms with E-state index < -0.39 is 0 Å². The molecular weight excluding hydrogens is 336 g/mol. The van der Waals surface area contributed by atoms with E-state index in [0.29, 0.717) is 27.0 Å². The van der Waals surface area contributed by atoms with Gasteiger partial charge in [0.05, 0.1) is 11.4 Å². The number of amides is 2. The lowest BCUT2D eigenvalue weighted by molar-refractivity contribution is -0.114. The first-order chi connectivity index (χ1) is 12.0. The molecule has 126 valence electrons. The first-order valence-corrected chi connectivity index (χ1v) is 8.42. The van der Waals surface area contributed by atoms with Crippen LogP contribution in [0.4, 0.5) is 11.4 Å². The van der Waals surface area contributed by atoms with Gasteiger partial charge in [-0.3, -0.25) is 14.6 Å². The summed E-state index contributed by atoms with van der Waals surface area (Å²) < 4.78 is 0. The highest BCUT2D eigenvalue weighted by molar-refractivity contribution is 7.17. The molecule has 7 heteroatoms. The number of nitrogens with zero attached hydrogens (tertiary/aromatic N) is 2. The van der Waals surface area contributed by atoms with Crippen molar-refractivity contribution >= 4 is 34.5 Å². The molecule has 0 saturated heterocycles. The van der Waals surface area contributed by atoms with E-state index in [2.05, 4.69) is 20.6 Å². The highest BCUT2D eigenvalue weighted by Crippen LogP contribution is 2.27. The molecule has 0 spiro atoms. The minimum Gasteiger partial charge on any atom is -0.326 e. The van der Waals surface area contributed by atoms with Gasteiger partial charge in [-0.1, -0.05) is 12.1 Å². The van der Waals surface area contributed by atoms with Crippen LogP contribution in [-0.4, -0.2) is 21.8 Å². The smallest absolute Gasteiger partial charge is 0.267 e. The molecule has 3 aromatic rings. The van der Waals surface area contributed by atoms with Gasteiger partial charge in [-0.25, -0.2) is 4.98 Å². The summed E-state index contributed by atoms with van der Waals surface area (Å²) in [6, 6.07) is 12.6. The molecule has 1 aromatic carbocycles. The minimum atomic E-state index is -0.239. The molecule has 0 radical (unpaired) electrons. The van der Waals surface area contributed by atoms with Crippen molar-refractivity contribution < 1.29 is 9.59 Å². The number of anilines is 2. The summed E-state index contributed by atoms with van der Waals surface area (Å²) in [5.74, 6) is -0.404. The van der Waals surface area contributed by atoms with Crippen LogP contribution in [0.15, 0.2) is 48.7 Å².